The minimum Gasteiger partial charge on any atom is -0.395 e. The SMILES string of the molecule is CCCCN(CCO)c1cc(C(C)O)ccn1. The second-order valence-electron chi connectivity index (χ2n) is 4.19. The topological polar surface area (TPSA) is 56.6 Å². The van der Waals surface area contributed by atoms with Gasteiger partial charge in [-0.25, -0.2) is 4.98 Å². The third kappa shape index (κ3) is 4.32. The predicted octanol–water partition coefficient (Wildman–Crippen LogP) is 1.73. The van der Waals surface area contributed by atoms with Crippen molar-refractivity contribution in [1.29, 1.82) is 0 Å². The quantitative estimate of drug-likeness (QED) is 0.759. The maximum atomic E-state index is 9.54. The number of unbranched alkanes of at least 4 members (excludes halogenated alkanes) is 1. The first-order chi connectivity index (χ1) is 8.19. The second kappa shape index (κ2) is 7.25. The van der Waals surface area contributed by atoms with Gasteiger partial charge in [-0.05, 0) is 31.0 Å². The van der Waals surface area contributed by atoms with E-state index in [2.05, 4.69) is 16.8 Å². The van der Waals surface area contributed by atoms with Crippen LogP contribution in [0, 0.1) is 0 Å². The van der Waals surface area contributed by atoms with Crippen LogP contribution in [0.25, 0.3) is 0 Å². The lowest BCUT2D eigenvalue weighted by molar-refractivity contribution is 0.199. The van der Waals surface area contributed by atoms with Crippen molar-refractivity contribution in [3.8, 4) is 0 Å². The van der Waals surface area contributed by atoms with E-state index in [0.717, 1.165) is 30.8 Å². The van der Waals surface area contributed by atoms with E-state index in [9.17, 15) is 5.11 Å². The van der Waals surface area contributed by atoms with Crippen molar-refractivity contribution >= 4 is 5.82 Å². The molecule has 2 N–H and O–H groups in total. The van der Waals surface area contributed by atoms with E-state index < -0.39 is 6.10 Å². The molecule has 1 unspecified atom stereocenters. The molecule has 1 atom stereocenters. The van der Waals surface area contributed by atoms with Gasteiger partial charge in [-0.3, -0.25) is 0 Å². The normalized spacial score (nSPS) is 12.5. The molecule has 0 fully saturated rings. The molecule has 1 aromatic rings. The molecule has 4 nitrogen and oxygen atoms in total. The van der Waals surface area contributed by atoms with Gasteiger partial charge < -0.3 is 15.1 Å². The summed E-state index contributed by atoms with van der Waals surface area (Å²) < 4.78 is 0. The van der Waals surface area contributed by atoms with Crippen molar-refractivity contribution in [2.45, 2.75) is 32.8 Å². The van der Waals surface area contributed by atoms with Crippen LogP contribution in [0.2, 0.25) is 0 Å². The monoisotopic (exact) mass is 238 g/mol. The number of hydrogen-bond acceptors (Lipinski definition) is 4. The Balaban J connectivity index is 2.81. The molecular formula is C13H22N2O2. The molecular weight excluding hydrogens is 216 g/mol. The first-order valence-corrected chi connectivity index (χ1v) is 6.18. The molecule has 0 amide bonds. The number of nitrogens with zero attached hydrogens (tertiary/aromatic N) is 2. The fourth-order valence-corrected chi connectivity index (χ4v) is 1.68. The summed E-state index contributed by atoms with van der Waals surface area (Å²) in [6.45, 7) is 5.45. The lowest BCUT2D eigenvalue weighted by atomic mass is 10.1. The Kier molecular flexibility index (Phi) is 5.94. The number of hydrogen-bond donors (Lipinski definition) is 2. The molecule has 1 rings (SSSR count). The van der Waals surface area contributed by atoms with Gasteiger partial charge in [0, 0.05) is 19.3 Å². The van der Waals surface area contributed by atoms with Gasteiger partial charge in [-0.1, -0.05) is 13.3 Å². The fourth-order valence-electron chi connectivity index (χ4n) is 1.68. The minimum atomic E-state index is -0.487. The van der Waals surface area contributed by atoms with Crippen LogP contribution in [0.4, 0.5) is 5.82 Å². The van der Waals surface area contributed by atoms with Crippen LogP contribution in [-0.4, -0.2) is 34.9 Å². The third-order valence-electron chi connectivity index (χ3n) is 2.73. The molecule has 0 spiro atoms. The minimum absolute atomic E-state index is 0.115. The van der Waals surface area contributed by atoms with Crippen molar-refractivity contribution in [3.05, 3.63) is 23.9 Å². The highest BCUT2D eigenvalue weighted by atomic mass is 16.3. The van der Waals surface area contributed by atoms with E-state index in [4.69, 9.17) is 5.11 Å². The molecule has 17 heavy (non-hydrogen) atoms. The standard InChI is InChI=1S/C13H22N2O2/c1-3-4-7-15(8-9-16)13-10-12(11(2)17)5-6-14-13/h5-6,10-11,16-17H,3-4,7-9H2,1-2H3. The van der Waals surface area contributed by atoms with Crippen LogP contribution in [0.15, 0.2) is 18.3 Å². The van der Waals surface area contributed by atoms with Crippen LogP contribution in [0.1, 0.15) is 38.4 Å². The van der Waals surface area contributed by atoms with Crippen molar-refractivity contribution < 1.29 is 10.2 Å². The molecule has 0 saturated heterocycles. The molecule has 96 valence electrons. The molecule has 0 saturated carbocycles. The highest BCUT2D eigenvalue weighted by Crippen LogP contribution is 2.18. The van der Waals surface area contributed by atoms with Gasteiger partial charge in [-0.15, -0.1) is 0 Å². The lowest BCUT2D eigenvalue weighted by Crippen LogP contribution is -2.28. The zero-order valence-corrected chi connectivity index (χ0v) is 10.6. The number of anilines is 1. The smallest absolute Gasteiger partial charge is 0.128 e. The summed E-state index contributed by atoms with van der Waals surface area (Å²) in [5, 5.41) is 18.6. The molecule has 0 aliphatic heterocycles. The first-order valence-electron chi connectivity index (χ1n) is 6.18. The molecule has 4 heteroatoms. The summed E-state index contributed by atoms with van der Waals surface area (Å²) in [5.74, 6) is 0.825. The van der Waals surface area contributed by atoms with Gasteiger partial charge in [0.15, 0.2) is 0 Å². The van der Waals surface area contributed by atoms with Crippen molar-refractivity contribution in [3.63, 3.8) is 0 Å². The Morgan fingerprint density at radius 2 is 2.18 bits per heavy atom. The third-order valence-corrected chi connectivity index (χ3v) is 2.73. The van der Waals surface area contributed by atoms with E-state index in [1.807, 2.05) is 12.1 Å². The summed E-state index contributed by atoms with van der Waals surface area (Å²) in [7, 11) is 0. The van der Waals surface area contributed by atoms with Crippen LogP contribution in [0.5, 0.6) is 0 Å². The first kappa shape index (κ1) is 13.9. The number of rotatable bonds is 7. The average Bonchev–Trinajstić information content (AvgIpc) is 2.34. The maximum absolute atomic E-state index is 9.54. The Bertz CT molecular complexity index is 329. The Labute approximate surface area is 103 Å². The molecule has 1 aromatic heterocycles. The van der Waals surface area contributed by atoms with Crippen LogP contribution >= 0.6 is 0 Å². The summed E-state index contributed by atoms with van der Waals surface area (Å²) in [5.41, 5.74) is 0.856. The fraction of sp³-hybridized carbons (Fsp3) is 0.615. The van der Waals surface area contributed by atoms with E-state index in [-0.39, 0.29) is 6.61 Å². The molecule has 0 bridgehead atoms. The molecule has 0 radical (unpaired) electrons. The van der Waals surface area contributed by atoms with Crippen molar-refractivity contribution in [2.24, 2.45) is 0 Å². The number of aliphatic hydroxyl groups is 2. The van der Waals surface area contributed by atoms with Gasteiger partial charge >= 0.3 is 0 Å². The largest absolute Gasteiger partial charge is 0.395 e. The van der Waals surface area contributed by atoms with Crippen LogP contribution in [-0.2, 0) is 0 Å². The van der Waals surface area contributed by atoms with Gasteiger partial charge in [0.2, 0.25) is 0 Å². The zero-order valence-electron chi connectivity index (χ0n) is 10.6. The average molecular weight is 238 g/mol. The molecule has 0 aliphatic rings. The van der Waals surface area contributed by atoms with Gasteiger partial charge in [0.25, 0.3) is 0 Å². The predicted molar refractivity (Wildman–Crippen MR) is 69.1 cm³/mol. The van der Waals surface area contributed by atoms with Gasteiger partial charge in [0.1, 0.15) is 5.82 Å². The summed E-state index contributed by atoms with van der Waals surface area (Å²) in [6.07, 6.45) is 3.39. The van der Waals surface area contributed by atoms with Crippen molar-refractivity contribution in [2.75, 3.05) is 24.6 Å². The van der Waals surface area contributed by atoms with Gasteiger partial charge in [0.05, 0.1) is 12.7 Å². The molecule has 0 aliphatic carbocycles. The second-order valence-corrected chi connectivity index (χ2v) is 4.19. The van der Waals surface area contributed by atoms with Crippen molar-refractivity contribution in [1.82, 2.24) is 4.98 Å². The highest BCUT2D eigenvalue weighted by Gasteiger charge is 2.09. The number of pyridine rings is 1. The lowest BCUT2D eigenvalue weighted by Gasteiger charge is -2.23. The maximum Gasteiger partial charge on any atom is 0.128 e. The van der Waals surface area contributed by atoms with E-state index in [1.54, 1.807) is 13.1 Å². The van der Waals surface area contributed by atoms with Gasteiger partial charge in [-0.2, -0.15) is 0 Å². The van der Waals surface area contributed by atoms with Crippen LogP contribution in [0.3, 0.4) is 0 Å². The van der Waals surface area contributed by atoms with E-state index in [0.29, 0.717) is 6.54 Å². The molecule has 1 heterocycles. The Morgan fingerprint density at radius 1 is 1.41 bits per heavy atom. The summed E-state index contributed by atoms with van der Waals surface area (Å²) in [6, 6.07) is 3.70. The molecule has 0 aromatic carbocycles. The summed E-state index contributed by atoms with van der Waals surface area (Å²) >= 11 is 0. The van der Waals surface area contributed by atoms with Crippen LogP contribution < -0.4 is 4.90 Å². The van der Waals surface area contributed by atoms with E-state index >= 15 is 0 Å². The Hall–Kier alpha value is -1.13. The number of aliphatic hydroxyl groups excluding tert-OH is 2. The summed E-state index contributed by atoms with van der Waals surface area (Å²) in [4.78, 5) is 6.35. The number of aromatic nitrogens is 1. The Morgan fingerprint density at radius 3 is 2.76 bits per heavy atom. The van der Waals surface area contributed by atoms with E-state index in [1.165, 1.54) is 0 Å². The zero-order chi connectivity index (χ0) is 12.7. The highest BCUT2D eigenvalue weighted by molar-refractivity contribution is 5.41.